The molecule has 2 fully saturated rings. The summed E-state index contributed by atoms with van der Waals surface area (Å²) in [4.78, 5) is 15.8. The molecule has 1 amide bonds. The molecule has 1 saturated carbocycles. The molecule has 0 unspecified atom stereocenters. The number of carbonyl (C=O) groups is 1. The SMILES string of the molecule is CC1CCN(Cc2ccc(N/C(=C3\C(=O)Nc4ccc(NS(=O)(=O)C5CC5)cc43)c3ccccc3)cc2)CC1. The number of fused-ring (bicyclic) bond motifs is 1. The van der Waals surface area contributed by atoms with E-state index in [1.807, 2.05) is 30.3 Å². The van der Waals surface area contributed by atoms with Gasteiger partial charge in [0, 0.05) is 29.2 Å². The molecule has 0 aromatic heterocycles. The first-order chi connectivity index (χ1) is 18.9. The van der Waals surface area contributed by atoms with E-state index in [0.29, 0.717) is 41.1 Å². The van der Waals surface area contributed by atoms with Gasteiger partial charge in [-0.15, -0.1) is 0 Å². The normalized spacial score (nSPS) is 19.4. The first kappa shape index (κ1) is 25.6. The van der Waals surface area contributed by atoms with E-state index in [9.17, 15) is 13.2 Å². The van der Waals surface area contributed by atoms with Crippen molar-refractivity contribution in [2.75, 3.05) is 28.4 Å². The Labute approximate surface area is 230 Å². The number of anilines is 3. The summed E-state index contributed by atoms with van der Waals surface area (Å²) in [5.74, 6) is 0.583. The second-order valence-corrected chi connectivity index (χ2v) is 12.9. The van der Waals surface area contributed by atoms with Crippen LogP contribution in [0.1, 0.15) is 49.3 Å². The first-order valence-corrected chi connectivity index (χ1v) is 15.3. The van der Waals surface area contributed by atoms with E-state index in [4.69, 9.17) is 0 Å². The fraction of sp³-hybridized carbons (Fsp3) is 0.323. The number of amides is 1. The van der Waals surface area contributed by atoms with Gasteiger partial charge in [-0.1, -0.05) is 49.4 Å². The van der Waals surface area contributed by atoms with Crippen LogP contribution in [0.25, 0.3) is 11.3 Å². The van der Waals surface area contributed by atoms with Gasteiger partial charge in [0.1, 0.15) is 0 Å². The summed E-state index contributed by atoms with van der Waals surface area (Å²) in [6, 6.07) is 23.3. The molecule has 3 aromatic carbocycles. The molecular weight excluding hydrogens is 508 g/mol. The molecule has 8 heteroatoms. The fourth-order valence-corrected chi connectivity index (χ4v) is 6.68. The van der Waals surface area contributed by atoms with Gasteiger partial charge < -0.3 is 10.6 Å². The van der Waals surface area contributed by atoms with Gasteiger partial charge in [0.25, 0.3) is 5.91 Å². The van der Waals surface area contributed by atoms with Gasteiger partial charge >= 0.3 is 0 Å². The van der Waals surface area contributed by atoms with Crippen LogP contribution in [0.4, 0.5) is 17.1 Å². The molecule has 2 heterocycles. The Morgan fingerprint density at radius 2 is 1.62 bits per heavy atom. The molecule has 202 valence electrons. The van der Waals surface area contributed by atoms with Crippen molar-refractivity contribution in [3.05, 3.63) is 89.5 Å². The predicted octanol–water partition coefficient (Wildman–Crippen LogP) is 5.76. The Hall–Kier alpha value is -3.62. The average molecular weight is 543 g/mol. The Morgan fingerprint density at radius 3 is 2.31 bits per heavy atom. The van der Waals surface area contributed by atoms with Crippen LogP contribution in [-0.2, 0) is 21.4 Å². The third kappa shape index (κ3) is 5.72. The van der Waals surface area contributed by atoms with Crippen molar-refractivity contribution in [1.82, 2.24) is 4.90 Å². The Kier molecular flexibility index (Phi) is 6.91. The number of rotatable bonds is 8. The van der Waals surface area contributed by atoms with Gasteiger partial charge in [-0.25, -0.2) is 8.42 Å². The van der Waals surface area contributed by atoms with Crippen molar-refractivity contribution in [3.63, 3.8) is 0 Å². The average Bonchev–Trinajstić information content (AvgIpc) is 3.75. The highest BCUT2D eigenvalue weighted by Crippen LogP contribution is 2.40. The van der Waals surface area contributed by atoms with Crippen molar-refractivity contribution in [2.45, 2.75) is 44.4 Å². The zero-order valence-corrected chi connectivity index (χ0v) is 22.9. The predicted molar refractivity (Wildman–Crippen MR) is 158 cm³/mol. The maximum atomic E-state index is 13.3. The molecule has 0 bridgehead atoms. The third-order valence-electron chi connectivity index (χ3n) is 7.81. The van der Waals surface area contributed by atoms with Crippen molar-refractivity contribution in [3.8, 4) is 0 Å². The van der Waals surface area contributed by atoms with E-state index < -0.39 is 10.0 Å². The summed E-state index contributed by atoms with van der Waals surface area (Å²) in [6.45, 7) is 5.54. The number of benzene rings is 3. The lowest BCUT2D eigenvalue weighted by molar-refractivity contribution is -0.110. The highest BCUT2D eigenvalue weighted by atomic mass is 32.2. The maximum absolute atomic E-state index is 13.3. The Morgan fingerprint density at radius 1 is 0.923 bits per heavy atom. The molecule has 0 atom stereocenters. The van der Waals surface area contributed by atoms with Crippen LogP contribution in [0.15, 0.2) is 72.8 Å². The third-order valence-corrected chi connectivity index (χ3v) is 9.67. The number of nitrogens with one attached hydrogen (secondary N) is 3. The van der Waals surface area contributed by atoms with Gasteiger partial charge in [-0.2, -0.15) is 0 Å². The molecule has 0 radical (unpaired) electrons. The Balaban J connectivity index is 1.31. The van der Waals surface area contributed by atoms with E-state index in [1.54, 1.807) is 18.2 Å². The molecule has 3 aromatic rings. The van der Waals surface area contributed by atoms with E-state index in [1.165, 1.54) is 18.4 Å². The summed E-state index contributed by atoms with van der Waals surface area (Å²) in [5, 5.41) is 6.12. The highest BCUT2D eigenvalue weighted by Gasteiger charge is 2.36. The minimum absolute atomic E-state index is 0.227. The van der Waals surface area contributed by atoms with Crippen LogP contribution in [0.2, 0.25) is 0 Å². The number of sulfonamides is 1. The van der Waals surface area contributed by atoms with E-state index in [-0.39, 0.29) is 11.2 Å². The molecule has 7 nitrogen and oxygen atoms in total. The quantitative estimate of drug-likeness (QED) is 0.315. The number of piperidine rings is 1. The highest BCUT2D eigenvalue weighted by molar-refractivity contribution is 7.93. The molecule has 1 aliphatic carbocycles. The van der Waals surface area contributed by atoms with Crippen LogP contribution in [-0.4, -0.2) is 37.6 Å². The van der Waals surface area contributed by atoms with E-state index in [0.717, 1.165) is 36.8 Å². The molecule has 0 spiro atoms. The zero-order valence-electron chi connectivity index (χ0n) is 22.1. The number of hydrogen-bond donors (Lipinski definition) is 3. The van der Waals surface area contributed by atoms with Crippen molar-refractivity contribution >= 4 is 44.3 Å². The van der Waals surface area contributed by atoms with Gasteiger partial charge in [0.05, 0.1) is 16.5 Å². The van der Waals surface area contributed by atoms with Crippen LogP contribution in [0.5, 0.6) is 0 Å². The van der Waals surface area contributed by atoms with Gasteiger partial charge in [0.15, 0.2) is 0 Å². The van der Waals surface area contributed by atoms with Crippen molar-refractivity contribution < 1.29 is 13.2 Å². The molecule has 6 rings (SSSR count). The number of likely N-dealkylation sites (tertiary alicyclic amines) is 1. The monoisotopic (exact) mass is 542 g/mol. The number of carbonyl (C=O) groups excluding carboxylic acids is 1. The van der Waals surface area contributed by atoms with Gasteiger partial charge in [-0.05, 0) is 86.1 Å². The summed E-state index contributed by atoms with van der Waals surface area (Å²) in [7, 11) is -3.42. The molecule has 39 heavy (non-hydrogen) atoms. The van der Waals surface area contributed by atoms with Crippen molar-refractivity contribution in [1.29, 1.82) is 0 Å². The van der Waals surface area contributed by atoms with E-state index in [2.05, 4.69) is 51.4 Å². The minimum atomic E-state index is -3.42. The molecule has 1 saturated heterocycles. The summed E-state index contributed by atoms with van der Waals surface area (Å²) in [5.41, 5.74) is 5.94. The molecule has 3 N–H and O–H groups in total. The lowest BCUT2D eigenvalue weighted by Gasteiger charge is -2.30. The summed E-state index contributed by atoms with van der Waals surface area (Å²) >= 11 is 0. The van der Waals surface area contributed by atoms with Crippen molar-refractivity contribution in [2.24, 2.45) is 5.92 Å². The molecular formula is C31H34N4O3S. The van der Waals surface area contributed by atoms with E-state index >= 15 is 0 Å². The lowest BCUT2D eigenvalue weighted by Crippen LogP contribution is -2.32. The van der Waals surface area contributed by atoms with Crippen LogP contribution >= 0.6 is 0 Å². The van der Waals surface area contributed by atoms with Crippen LogP contribution in [0, 0.1) is 5.92 Å². The minimum Gasteiger partial charge on any atom is -0.354 e. The Bertz CT molecular complexity index is 1510. The van der Waals surface area contributed by atoms with Crippen LogP contribution in [0.3, 0.4) is 0 Å². The van der Waals surface area contributed by atoms with Gasteiger partial charge in [0.2, 0.25) is 10.0 Å². The lowest BCUT2D eigenvalue weighted by atomic mass is 9.98. The van der Waals surface area contributed by atoms with Gasteiger partial charge in [-0.3, -0.25) is 14.4 Å². The topological polar surface area (TPSA) is 90.5 Å². The molecule has 3 aliphatic rings. The first-order valence-electron chi connectivity index (χ1n) is 13.7. The smallest absolute Gasteiger partial charge is 0.258 e. The van der Waals surface area contributed by atoms with Crippen LogP contribution < -0.4 is 15.4 Å². The second-order valence-electron chi connectivity index (χ2n) is 11.0. The summed E-state index contributed by atoms with van der Waals surface area (Å²) < 4.78 is 27.8. The number of nitrogens with zero attached hydrogens (tertiary/aromatic N) is 1. The standard InChI is InChI=1S/C31H34N4O3S/c1-21-15-17-35(18-16-21)20-22-7-9-24(10-8-22)32-30(23-5-3-2-4-6-23)29-27-19-25(11-14-28(27)33-31(29)36)34-39(37,38)26-12-13-26/h2-11,14,19,21,26,32,34H,12-13,15-18,20H2,1H3,(H,33,36)/b30-29-. The maximum Gasteiger partial charge on any atom is 0.258 e. The largest absolute Gasteiger partial charge is 0.354 e. The molecule has 2 aliphatic heterocycles. The number of hydrogen-bond acceptors (Lipinski definition) is 5. The summed E-state index contributed by atoms with van der Waals surface area (Å²) in [6.07, 6.45) is 3.87. The second kappa shape index (κ2) is 10.5. The fourth-order valence-electron chi connectivity index (χ4n) is 5.30. The zero-order chi connectivity index (χ0) is 27.0.